The molecular formula is C18H24N2O5S. The van der Waals surface area contributed by atoms with Crippen LogP contribution in [0.1, 0.15) is 24.8 Å². The Bertz CT molecular complexity index is 625. The minimum Gasteiger partial charge on any atom is -0.469 e. The molecule has 2 atom stereocenters. The Labute approximate surface area is 157 Å². The first kappa shape index (κ1) is 20.3. The highest BCUT2D eigenvalue weighted by Crippen LogP contribution is 2.19. The molecule has 1 aromatic rings. The molecule has 0 aromatic heterocycles. The summed E-state index contributed by atoms with van der Waals surface area (Å²) in [4.78, 5) is 36.3. The minimum atomic E-state index is -0.926. The van der Waals surface area contributed by atoms with E-state index in [0.29, 0.717) is 30.9 Å². The molecule has 1 fully saturated rings. The van der Waals surface area contributed by atoms with E-state index in [1.807, 2.05) is 30.3 Å². The van der Waals surface area contributed by atoms with E-state index in [1.54, 1.807) is 0 Å². The highest BCUT2D eigenvalue weighted by atomic mass is 32.2. The van der Waals surface area contributed by atoms with E-state index in [0.717, 1.165) is 5.56 Å². The molecule has 0 spiro atoms. The molecule has 1 saturated heterocycles. The number of esters is 1. The number of nitrogens with zero attached hydrogens (tertiary/aromatic N) is 1. The Morgan fingerprint density at radius 1 is 1.27 bits per heavy atom. The number of ether oxygens (including phenoxy) is 1. The second-order valence-corrected chi connectivity index (χ2v) is 7.10. The summed E-state index contributed by atoms with van der Waals surface area (Å²) in [5.41, 5.74) is 0.941. The van der Waals surface area contributed by atoms with Crippen molar-refractivity contribution in [2.24, 2.45) is 0 Å². The summed E-state index contributed by atoms with van der Waals surface area (Å²) in [5.74, 6) is 0.458. The van der Waals surface area contributed by atoms with Crippen LogP contribution in [-0.2, 0) is 20.9 Å². The Kier molecular flexibility index (Phi) is 7.93. The topological polar surface area (TPSA) is 95.9 Å². The fraction of sp³-hybridized carbons (Fsp3) is 0.500. The van der Waals surface area contributed by atoms with Gasteiger partial charge in [0, 0.05) is 18.6 Å². The number of ketones is 1. The zero-order valence-electron chi connectivity index (χ0n) is 14.7. The molecule has 2 amide bonds. The smallest absolute Gasteiger partial charge is 0.320 e. The van der Waals surface area contributed by atoms with Gasteiger partial charge in [0.1, 0.15) is 5.78 Å². The van der Waals surface area contributed by atoms with E-state index in [1.165, 1.54) is 23.8 Å². The Balaban J connectivity index is 1.70. The fourth-order valence-electron chi connectivity index (χ4n) is 2.63. The van der Waals surface area contributed by atoms with Crippen molar-refractivity contribution in [2.75, 3.05) is 18.6 Å². The number of urea groups is 1. The third kappa shape index (κ3) is 6.03. The summed E-state index contributed by atoms with van der Waals surface area (Å²) in [6, 6.07) is 8.73. The first-order valence-electron chi connectivity index (χ1n) is 8.46. The van der Waals surface area contributed by atoms with E-state index in [-0.39, 0.29) is 24.2 Å². The zero-order valence-corrected chi connectivity index (χ0v) is 15.5. The lowest BCUT2D eigenvalue weighted by Gasteiger charge is -2.21. The SMILES string of the molecule is COC(=O)CCCC(=O)CSCC1NC(=O)N(Cc2ccccc2)C1O. The van der Waals surface area contributed by atoms with Gasteiger partial charge in [-0.3, -0.25) is 14.5 Å². The van der Waals surface area contributed by atoms with Crippen LogP contribution >= 0.6 is 11.8 Å². The van der Waals surface area contributed by atoms with Gasteiger partial charge in [0.2, 0.25) is 0 Å². The van der Waals surface area contributed by atoms with Crippen LogP contribution in [0.25, 0.3) is 0 Å². The Morgan fingerprint density at radius 2 is 2.00 bits per heavy atom. The largest absolute Gasteiger partial charge is 0.469 e. The van der Waals surface area contributed by atoms with Gasteiger partial charge in [-0.1, -0.05) is 30.3 Å². The number of carbonyl (C=O) groups excluding carboxylic acids is 3. The van der Waals surface area contributed by atoms with Crippen LogP contribution < -0.4 is 5.32 Å². The standard InChI is InChI=1S/C18H24N2O5S/c1-25-16(22)9-5-8-14(21)11-26-12-15-17(23)20(18(24)19-15)10-13-6-3-2-4-7-13/h2-4,6-7,15,17,23H,5,8-12H2,1H3,(H,19,24). The van der Waals surface area contributed by atoms with E-state index >= 15 is 0 Å². The molecule has 1 heterocycles. The van der Waals surface area contributed by atoms with Crippen molar-refractivity contribution in [3.05, 3.63) is 35.9 Å². The molecule has 26 heavy (non-hydrogen) atoms. The maximum atomic E-state index is 12.1. The molecule has 1 aromatic carbocycles. The van der Waals surface area contributed by atoms with Crippen molar-refractivity contribution in [2.45, 2.75) is 38.1 Å². The summed E-state index contributed by atoms with van der Waals surface area (Å²) >= 11 is 1.37. The summed E-state index contributed by atoms with van der Waals surface area (Å²) in [5, 5.41) is 13.1. The van der Waals surface area contributed by atoms with E-state index < -0.39 is 12.3 Å². The first-order valence-corrected chi connectivity index (χ1v) is 9.62. The normalized spacial score (nSPS) is 19.3. The molecule has 1 aliphatic rings. The van der Waals surface area contributed by atoms with Crippen molar-refractivity contribution >= 4 is 29.5 Å². The quantitative estimate of drug-likeness (QED) is 0.598. The van der Waals surface area contributed by atoms with Gasteiger partial charge in [-0.15, -0.1) is 0 Å². The third-order valence-corrected chi connectivity index (χ3v) is 5.19. The van der Waals surface area contributed by atoms with Gasteiger partial charge in [0.25, 0.3) is 0 Å². The number of hydrogen-bond donors (Lipinski definition) is 2. The maximum absolute atomic E-state index is 12.1. The van der Waals surface area contributed by atoms with Crippen molar-refractivity contribution < 1.29 is 24.2 Å². The number of benzene rings is 1. The van der Waals surface area contributed by atoms with E-state index in [2.05, 4.69) is 10.1 Å². The second kappa shape index (κ2) is 10.2. The average molecular weight is 380 g/mol. The Morgan fingerprint density at radius 3 is 2.69 bits per heavy atom. The van der Waals surface area contributed by atoms with Crippen LogP contribution in [0, 0.1) is 0 Å². The summed E-state index contributed by atoms with van der Waals surface area (Å²) in [7, 11) is 1.32. The molecule has 2 N–H and O–H groups in total. The van der Waals surface area contributed by atoms with Crippen molar-refractivity contribution in [1.29, 1.82) is 0 Å². The van der Waals surface area contributed by atoms with Crippen LogP contribution in [0.5, 0.6) is 0 Å². The number of hydrogen-bond acceptors (Lipinski definition) is 6. The summed E-state index contributed by atoms with van der Waals surface area (Å²) in [6.45, 7) is 0.335. The number of nitrogens with one attached hydrogen (secondary N) is 1. The Hall–Kier alpha value is -2.06. The van der Waals surface area contributed by atoms with Gasteiger partial charge in [-0.05, 0) is 12.0 Å². The number of carbonyl (C=O) groups is 3. The van der Waals surface area contributed by atoms with Crippen LogP contribution in [0.4, 0.5) is 4.79 Å². The van der Waals surface area contributed by atoms with Gasteiger partial charge in [0.05, 0.1) is 25.4 Å². The summed E-state index contributed by atoms with van der Waals surface area (Å²) < 4.78 is 4.53. The molecular weight excluding hydrogens is 356 g/mol. The maximum Gasteiger partial charge on any atom is 0.320 e. The lowest BCUT2D eigenvalue weighted by Crippen LogP contribution is -2.37. The number of methoxy groups -OCH3 is 1. The number of thioether (sulfide) groups is 1. The lowest BCUT2D eigenvalue weighted by molar-refractivity contribution is -0.140. The van der Waals surface area contributed by atoms with Crippen molar-refractivity contribution in [1.82, 2.24) is 10.2 Å². The predicted molar refractivity (Wildman–Crippen MR) is 98.5 cm³/mol. The highest BCUT2D eigenvalue weighted by molar-refractivity contribution is 8.00. The van der Waals surface area contributed by atoms with Gasteiger partial charge in [0.15, 0.2) is 6.23 Å². The predicted octanol–water partition coefficient (Wildman–Crippen LogP) is 1.54. The van der Waals surface area contributed by atoms with Gasteiger partial charge >= 0.3 is 12.0 Å². The summed E-state index contributed by atoms with van der Waals surface area (Å²) in [6.07, 6.45) is 0.102. The van der Waals surface area contributed by atoms with Gasteiger partial charge < -0.3 is 15.2 Å². The molecule has 7 nitrogen and oxygen atoms in total. The molecule has 142 valence electrons. The van der Waals surface area contributed by atoms with Crippen LogP contribution in [0.2, 0.25) is 0 Å². The molecule has 2 unspecified atom stereocenters. The van der Waals surface area contributed by atoms with Gasteiger partial charge in [-0.2, -0.15) is 11.8 Å². The molecule has 0 bridgehead atoms. The molecule has 8 heteroatoms. The number of rotatable bonds is 10. The number of aliphatic hydroxyl groups excluding tert-OH is 1. The molecule has 2 rings (SSSR count). The molecule has 0 radical (unpaired) electrons. The van der Waals surface area contributed by atoms with Crippen LogP contribution in [0.15, 0.2) is 30.3 Å². The third-order valence-electron chi connectivity index (χ3n) is 4.07. The molecule has 0 aliphatic carbocycles. The first-order chi connectivity index (χ1) is 12.5. The monoisotopic (exact) mass is 380 g/mol. The van der Waals surface area contributed by atoms with Crippen molar-refractivity contribution in [3.63, 3.8) is 0 Å². The number of aliphatic hydroxyl groups is 1. The molecule has 0 saturated carbocycles. The van der Waals surface area contributed by atoms with Crippen molar-refractivity contribution in [3.8, 4) is 0 Å². The van der Waals surface area contributed by atoms with Crippen LogP contribution in [-0.4, -0.2) is 58.7 Å². The number of amides is 2. The second-order valence-electron chi connectivity index (χ2n) is 6.07. The van der Waals surface area contributed by atoms with E-state index in [9.17, 15) is 19.5 Å². The fourth-order valence-corrected chi connectivity index (χ4v) is 3.63. The molecule has 1 aliphatic heterocycles. The highest BCUT2D eigenvalue weighted by Gasteiger charge is 2.37. The minimum absolute atomic E-state index is 0.0406. The van der Waals surface area contributed by atoms with Gasteiger partial charge in [-0.25, -0.2) is 4.79 Å². The van der Waals surface area contributed by atoms with E-state index in [4.69, 9.17) is 0 Å². The van der Waals surface area contributed by atoms with Crippen LogP contribution in [0.3, 0.4) is 0 Å². The lowest BCUT2D eigenvalue weighted by atomic mass is 10.2. The number of Topliss-reactive ketones (excluding diaryl/α,β-unsaturated/α-hetero) is 1. The zero-order chi connectivity index (χ0) is 18.9. The average Bonchev–Trinajstić information content (AvgIpc) is 2.90.